The van der Waals surface area contributed by atoms with Gasteiger partial charge < -0.3 is 14.7 Å². The van der Waals surface area contributed by atoms with Crippen LogP contribution in [0, 0.1) is 23.0 Å². The summed E-state index contributed by atoms with van der Waals surface area (Å²) in [7, 11) is 0. The third kappa shape index (κ3) is 7.31. The third-order valence-electron chi connectivity index (χ3n) is 4.55. The van der Waals surface area contributed by atoms with Crippen LogP contribution in [0.5, 0.6) is 5.75 Å². The van der Waals surface area contributed by atoms with Crippen molar-refractivity contribution in [1.82, 2.24) is 0 Å². The maximum Gasteiger partial charge on any atom is 0.310 e. The number of hydrogen-bond acceptors (Lipinski definition) is 7. The first-order valence-corrected chi connectivity index (χ1v) is 10.8. The van der Waals surface area contributed by atoms with Crippen molar-refractivity contribution >= 4 is 29.9 Å². The van der Waals surface area contributed by atoms with Crippen molar-refractivity contribution in [3.63, 3.8) is 0 Å². The number of Topliss-reactive ketones (excluding diaryl/α,β-unsaturated/α-hetero) is 1. The fourth-order valence-electron chi connectivity index (χ4n) is 2.78. The standard InChI is InChI=1S/C22H23F2NO6S/c1-2-21(31-30-13-25)17(22(27)28)11-32-12-20(26)14-6-8-15(9-7-14)29-10-16-18(23)4-3-5-19(16)24/h3-9,13,17,21,25H,2,10-12H2,1H3,(H,27,28). The Morgan fingerprint density at radius 3 is 2.38 bits per heavy atom. The molecular formula is C22H23F2NO6S. The lowest BCUT2D eigenvalue weighted by Crippen LogP contribution is -2.32. The van der Waals surface area contributed by atoms with E-state index in [1.54, 1.807) is 6.92 Å². The molecule has 0 saturated carbocycles. The minimum absolute atomic E-state index is 0.0479. The quantitative estimate of drug-likeness (QED) is 0.139. The predicted molar refractivity (Wildman–Crippen MR) is 115 cm³/mol. The van der Waals surface area contributed by atoms with Crippen LogP contribution < -0.4 is 4.74 Å². The van der Waals surface area contributed by atoms with Gasteiger partial charge in [0.2, 0.25) is 6.40 Å². The summed E-state index contributed by atoms with van der Waals surface area (Å²) in [5, 5.41) is 16.2. The molecule has 0 aromatic heterocycles. The molecule has 0 radical (unpaired) electrons. The van der Waals surface area contributed by atoms with Gasteiger partial charge in [0.15, 0.2) is 5.78 Å². The highest BCUT2D eigenvalue weighted by atomic mass is 32.2. The van der Waals surface area contributed by atoms with Gasteiger partial charge in [0.1, 0.15) is 30.1 Å². The molecule has 0 aliphatic heterocycles. The maximum absolute atomic E-state index is 13.7. The number of ketones is 1. The second-order valence-corrected chi connectivity index (χ2v) is 7.68. The van der Waals surface area contributed by atoms with Crippen molar-refractivity contribution in [2.45, 2.75) is 26.1 Å². The Balaban J connectivity index is 1.88. The summed E-state index contributed by atoms with van der Waals surface area (Å²) >= 11 is 1.15. The van der Waals surface area contributed by atoms with E-state index in [0.717, 1.165) is 23.9 Å². The molecule has 0 fully saturated rings. The molecule has 2 N–H and O–H groups in total. The SMILES string of the molecule is CCC(OOC=N)C(CSCC(=O)c1ccc(OCc2c(F)cccc2F)cc1)C(=O)O. The Labute approximate surface area is 188 Å². The van der Waals surface area contributed by atoms with Gasteiger partial charge >= 0.3 is 5.97 Å². The minimum Gasteiger partial charge on any atom is -0.489 e. The summed E-state index contributed by atoms with van der Waals surface area (Å²) in [6.07, 6.45) is 0.170. The Bertz CT molecular complexity index is 905. The van der Waals surface area contributed by atoms with E-state index in [-0.39, 0.29) is 29.5 Å². The topological polar surface area (TPSA) is 106 Å². The molecule has 0 heterocycles. The normalized spacial score (nSPS) is 12.6. The van der Waals surface area contributed by atoms with E-state index in [2.05, 4.69) is 4.89 Å². The molecule has 0 spiro atoms. The summed E-state index contributed by atoms with van der Waals surface area (Å²) in [6, 6.07) is 9.65. The highest BCUT2D eigenvalue weighted by Crippen LogP contribution is 2.21. The summed E-state index contributed by atoms with van der Waals surface area (Å²) in [6.45, 7) is 1.44. The zero-order valence-corrected chi connectivity index (χ0v) is 18.1. The van der Waals surface area contributed by atoms with E-state index in [9.17, 15) is 23.5 Å². The summed E-state index contributed by atoms with van der Waals surface area (Å²) in [5.74, 6) is -3.09. The van der Waals surface area contributed by atoms with Gasteiger partial charge in [0.05, 0.1) is 17.2 Å². The van der Waals surface area contributed by atoms with E-state index < -0.39 is 29.6 Å². The van der Waals surface area contributed by atoms with Crippen molar-refractivity contribution in [3.05, 3.63) is 65.2 Å². The summed E-state index contributed by atoms with van der Waals surface area (Å²) in [5.41, 5.74) is 0.210. The van der Waals surface area contributed by atoms with Crippen LogP contribution in [-0.2, 0) is 21.2 Å². The molecule has 2 unspecified atom stereocenters. The first-order valence-electron chi connectivity index (χ1n) is 9.67. The van der Waals surface area contributed by atoms with E-state index in [1.807, 2.05) is 0 Å². The lowest BCUT2D eigenvalue weighted by atomic mass is 10.0. The van der Waals surface area contributed by atoms with Crippen molar-refractivity contribution in [2.24, 2.45) is 5.92 Å². The van der Waals surface area contributed by atoms with E-state index >= 15 is 0 Å². The number of carboxylic acid groups (broad SMARTS) is 1. The molecule has 2 aromatic rings. The average molecular weight is 467 g/mol. The molecule has 2 aromatic carbocycles. The van der Waals surface area contributed by atoms with E-state index in [0.29, 0.717) is 24.1 Å². The lowest BCUT2D eigenvalue weighted by Gasteiger charge is -2.20. The fraction of sp³-hybridized carbons (Fsp3) is 0.318. The molecule has 0 bridgehead atoms. The van der Waals surface area contributed by atoms with Crippen molar-refractivity contribution < 1.29 is 38.0 Å². The van der Waals surface area contributed by atoms with Crippen LogP contribution in [0.1, 0.15) is 29.3 Å². The van der Waals surface area contributed by atoms with Gasteiger partial charge in [-0.2, -0.15) is 16.6 Å². The van der Waals surface area contributed by atoms with Crippen LogP contribution in [0.25, 0.3) is 0 Å². The van der Waals surface area contributed by atoms with Crippen LogP contribution in [0.3, 0.4) is 0 Å². The maximum atomic E-state index is 13.7. The van der Waals surface area contributed by atoms with Crippen LogP contribution >= 0.6 is 11.8 Å². The third-order valence-corrected chi connectivity index (χ3v) is 5.61. The van der Waals surface area contributed by atoms with Crippen molar-refractivity contribution in [2.75, 3.05) is 11.5 Å². The first-order chi connectivity index (χ1) is 15.4. The average Bonchev–Trinajstić information content (AvgIpc) is 2.78. The number of carbonyl (C=O) groups excluding carboxylic acids is 1. The monoisotopic (exact) mass is 467 g/mol. The molecule has 172 valence electrons. The summed E-state index contributed by atoms with van der Waals surface area (Å²) in [4.78, 5) is 33.2. The number of hydrogen-bond donors (Lipinski definition) is 2. The number of aliphatic carboxylic acids is 1. The van der Waals surface area contributed by atoms with Gasteiger partial charge in [-0.05, 0) is 42.8 Å². The van der Waals surface area contributed by atoms with Crippen molar-refractivity contribution in [1.29, 1.82) is 5.41 Å². The first kappa shape index (κ1) is 25.3. The van der Waals surface area contributed by atoms with Gasteiger partial charge in [0.25, 0.3) is 0 Å². The molecule has 7 nitrogen and oxygen atoms in total. The van der Waals surface area contributed by atoms with Crippen LogP contribution in [0.15, 0.2) is 42.5 Å². The van der Waals surface area contributed by atoms with Gasteiger partial charge in [-0.1, -0.05) is 13.0 Å². The molecule has 0 amide bonds. The van der Waals surface area contributed by atoms with Crippen LogP contribution in [0.2, 0.25) is 0 Å². The molecule has 0 aliphatic rings. The zero-order valence-electron chi connectivity index (χ0n) is 17.3. The minimum atomic E-state index is -1.09. The van der Waals surface area contributed by atoms with Crippen LogP contribution in [0.4, 0.5) is 8.78 Å². The number of halogens is 2. The Morgan fingerprint density at radius 1 is 1.16 bits per heavy atom. The predicted octanol–water partition coefficient (Wildman–Crippen LogP) is 4.49. The highest BCUT2D eigenvalue weighted by molar-refractivity contribution is 8.00. The van der Waals surface area contributed by atoms with E-state index in [4.69, 9.17) is 15.0 Å². The number of ether oxygens (including phenoxy) is 1. The van der Waals surface area contributed by atoms with Crippen LogP contribution in [-0.4, -0.2) is 40.9 Å². The van der Waals surface area contributed by atoms with Gasteiger partial charge in [-0.15, -0.1) is 0 Å². The van der Waals surface area contributed by atoms with Crippen molar-refractivity contribution in [3.8, 4) is 5.75 Å². The van der Waals surface area contributed by atoms with Gasteiger partial charge in [-0.3, -0.25) is 15.0 Å². The molecule has 2 atom stereocenters. The largest absolute Gasteiger partial charge is 0.489 e. The molecule has 0 saturated heterocycles. The zero-order chi connectivity index (χ0) is 23.5. The van der Waals surface area contributed by atoms with Gasteiger partial charge in [0, 0.05) is 11.3 Å². The Kier molecular flexibility index (Phi) is 10.1. The number of carbonyl (C=O) groups is 2. The highest BCUT2D eigenvalue weighted by Gasteiger charge is 2.29. The van der Waals surface area contributed by atoms with Gasteiger partial charge in [-0.25, -0.2) is 8.78 Å². The smallest absolute Gasteiger partial charge is 0.310 e. The number of thioether (sulfide) groups is 1. The number of benzene rings is 2. The fourth-order valence-corrected chi connectivity index (χ4v) is 3.86. The molecule has 32 heavy (non-hydrogen) atoms. The second-order valence-electron chi connectivity index (χ2n) is 6.65. The number of nitrogens with one attached hydrogen (secondary N) is 1. The summed E-state index contributed by atoms with van der Waals surface area (Å²) < 4.78 is 32.7. The molecule has 2 rings (SSSR count). The Hall–Kier alpha value is -2.98. The molecule has 0 aliphatic carbocycles. The Morgan fingerprint density at radius 2 is 1.81 bits per heavy atom. The molecular weight excluding hydrogens is 444 g/mol. The second kappa shape index (κ2) is 12.8. The number of rotatable bonds is 14. The lowest BCUT2D eigenvalue weighted by molar-refractivity contribution is -0.266. The molecule has 10 heteroatoms. The number of carboxylic acids is 1. The van der Waals surface area contributed by atoms with E-state index in [1.165, 1.54) is 30.3 Å².